The smallest absolute Gasteiger partial charge is 0.223 e. The topological polar surface area (TPSA) is 77.8 Å². The molecule has 2 aromatic heterocycles. The normalized spacial score (nSPS) is 11.0. The molecule has 0 spiro atoms. The van der Waals surface area contributed by atoms with Gasteiger partial charge in [-0.1, -0.05) is 60.7 Å². The minimum Gasteiger partial charge on any atom is -0.383 e. The summed E-state index contributed by atoms with van der Waals surface area (Å²) >= 11 is 1.59. The summed E-state index contributed by atoms with van der Waals surface area (Å²) in [6, 6.07) is 20.4. The summed E-state index contributed by atoms with van der Waals surface area (Å²) in [7, 11) is 0. The molecule has 0 amide bonds. The molecule has 0 aliphatic rings. The fourth-order valence-corrected chi connectivity index (χ4v) is 3.93. The highest BCUT2D eigenvalue weighted by molar-refractivity contribution is 7.22. The zero-order chi connectivity index (χ0) is 15.8. The molecule has 2 aromatic carbocycles. The van der Waals surface area contributed by atoms with Gasteiger partial charge in [-0.2, -0.15) is 4.98 Å². The van der Waals surface area contributed by atoms with E-state index in [2.05, 4.69) is 34.2 Å². The maximum absolute atomic E-state index is 6.16. The molecule has 0 saturated heterocycles. The lowest BCUT2D eigenvalue weighted by Gasteiger charge is -2.06. The number of nitrogen functional groups attached to an aromatic ring is 2. The minimum atomic E-state index is 0.204. The van der Waals surface area contributed by atoms with Crippen LogP contribution in [0.1, 0.15) is 0 Å². The predicted octanol–water partition coefficient (Wildman–Crippen LogP) is 4.19. The number of hydrogen-bond acceptors (Lipinski definition) is 5. The van der Waals surface area contributed by atoms with Crippen LogP contribution in [0.4, 0.5) is 11.8 Å². The first-order valence-corrected chi connectivity index (χ1v) is 8.02. The van der Waals surface area contributed by atoms with Gasteiger partial charge in [-0.25, -0.2) is 4.98 Å². The number of benzene rings is 2. The molecule has 0 bridgehead atoms. The molecule has 0 atom stereocenters. The second-order valence-electron chi connectivity index (χ2n) is 5.19. The Morgan fingerprint density at radius 3 is 2.00 bits per heavy atom. The Kier molecular flexibility index (Phi) is 3.20. The lowest BCUT2D eigenvalue weighted by atomic mass is 10.00. The van der Waals surface area contributed by atoms with E-state index in [0.29, 0.717) is 5.82 Å². The van der Waals surface area contributed by atoms with Gasteiger partial charge >= 0.3 is 0 Å². The van der Waals surface area contributed by atoms with Gasteiger partial charge in [0, 0.05) is 10.4 Å². The van der Waals surface area contributed by atoms with Crippen LogP contribution in [0.25, 0.3) is 31.8 Å². The third-order valence-electron chi connectivity index (χ3n) is 3.70. The average molecular weight is 318 g/mol. The molecular weight excluding hydrogens is 304 g/mol. The Labute approximate surface area is 137 Å². The van der Waals surface area contributed by atoms with Crippen molar-refractivity contribution in [2.24, 2.45) is 0 Å². The van der Waals surface area contributed by atoms with Crippen molar-refractivity contribution in [2.45, 2.75) is 0 Å². The minimum absolute atomic E-state index is 0.204. The van der Waals surface area contributed by atoms with Crippen LogP contribution in [0.3, 0.4) is 0 Å². The Hall–Kier alpha value is -2.92. The van der Waals surface area contributed by atoms with Gasteiger partial charge in [0.15, 0.2) is 0 Å². The first kappa shape index (κ1) is 13.7. The fraction of sp³-hybridized carbons (Fsp3) is 0. The summed E-state index contributed by atoms with van der Waals surface area (Å²) in [6.45, 7) is 0. The van der Waals surface area contributed by atoms with Gasteiger partial charge in [0.2, 0.25) is 5.95 Å². The molecule has 0 saturated carbocycles. The number of anilines is 2. The number of thiophene rings is 1. The van der Waals surface area contributed by atoms with E-state index in [9.17, 15) is 0 Å². The SMILES string of the molecule is Nc1nc(N)c2c(-c3ccccc3)c(-c3ccccc3)sc2n1. The maximum atomic E-state index is 6.16. The number of rotatable bonds is 2. The van der Waals surface area contributed by atoms with Gasteiger partial charge in [0.1, 0.15) is 10.6 Å². The van der Waals surface area contributed by atoms with E-state index in [4.69, 9.17) is 11.5 Å². The third kappa shape index (κ3) is 2.31. The molecule has 23 heavy (non-hydrogen) atoms. The Bertz CT molecular complexity index is 978. The van der Waals surface area contributed by atoms with Crippen LogP contribution >= 0.6 is 11.3 Å². The van der Waals surface area contributed by atoms with E-state index in [1.807, 2.05) is 36.4 Å². The van der Waals surface area contributed by atoms with Crippen LogP contribution in [-0.2, 0) is 0 Å². The average Bonchev–Trinajstić information content (AvgIpc) is 2.96. The summed E-state index contributed by atoms with van der Waals surface area (Å²) in [5.74, 6) is 0.625. The largest absolute Gasteiger partial charge is 0.383 e. The van der Waals surface area contributed by atoms with Crippen LogP contribution in [0.2, 0.25) is 0 Å². The van der Waals surface area contributed by atoms with Crippen LogP contribution in [0.5, 0.6) is 0 Å². The molecule has 0 aliphatic carbocycles. The molecule has 0 radical (unpaired) electrons. The Balaban J connectivity index is 2.12. The fourth-order valence-electron chi connectivity index (χ4n) is 2.72. The Morgan fingerprint density at radius 1 is 0.739 bits per heavy atom. The molecule has 112 valence electrons. The zero-order valence-corrected chi connectivity index (χ0v) is 13.0. The molecule has 4 N–H and O–H groups in total. The van der Waals surface area contributed by atoms with Crippen molar-refractivity contribution in [1.82, 2.24) is 9.97 Å². The molecular formula is C18H14N4S. The summed E-state index contributed by atoms with van der Waals surface area (Å²) < 4.78 is 0. The second-order valence-corrected chi connectivity index (χ2v) is 6.18. The lowest BCUT2D eigenvalue weighted by Crippen LogP contribution is -1.99. The molecule has 4 nitrogen and oxygen atoms in total. The van der Waals surface area contributed by atoms with Crippen molar-refractivity contribution in [2.75, 3.05) is 11.5 Å². The zero-order valence-electron chi connectivity index (χ0n) is 12.2. The van der Waals surface area contributed by atoms with Gasteiger partial charge in [0.05, 0.1) is 5.39 Å². The lowest BCUT2D eigenvalue weighted by molar-refractivity contribution is 1.26. The standard InChI is InChI=1S/C18H14N4S/c19-16-14-13(11-7-3-1-4-8-11)15(12-9-5-2-6-10-12)23-17(14)22-18(20)21-16/h1-10H,(H4,19,20,21,22). The maximum Gasteiger partial charge on any atom is 0.223 e. The first-order chi connectivity index (χ1) is 11.2. The van der Waals surface area contributed by atoms with E-state index in [1.165, 1.54) is 0 Å². The van der Waals surface area contributed by atoms with Gasteiger partial charge in [0.25, 0.3) is 0 Å². The molecule has 4 rings (SSSR count). The van der Waals surface area contributed by atoms with E-state index >= 15 is 0 Å². The monoisotopic (exact) mass is 318 g/mol. The van der Waals surface area contributed by atoms with Gasteiger partial charge in [-0.3, -0.25) is 0 Å². The second kappa shape index (κ2) is 5.37. The molecule has 0 unspecified atom stereocenters. The number of nitrogens with two attached hydrogens (primary N) is 2. The summed E-state index contributed by atoms with van der Waals surface area (Å²) in [6.07, 6.45) is 0. The van der Waals surface area contributed by atoms with Crippen LogP contribution in [0.15, 0.2) is 60.7 Å². The van der Waals surface area contributed by atoms with Gasteiger partial charge < -0.3 is 11.5 Å². The Morgan fingerprint density at radius 2 is 1.35 bits per heavy atom. The highest BCUT2D eigenvalue weighted by Gasteiger charge is 2.19. The van der Waals surface area contributed by atoms with Crippen molar-refractivity contribution in [3.63, 3.8) is 0 Å². The summed E-state index contributed by atoms with van der Waals surface area (Å²) in [5, 5.41) is 0.870. The number of aromatic nitrogens is 2. The van der Waals surface area contributed by atoms with Crippen LogP contribution < -0.4 is 11.5 Å². The molecule has 4 aromatic rings. The van der Waals surface area contributed by atoms with E-state index in [0.717, 1.165) is 31.8 Å². The summed E-state index contributed by atoms with van der Waals surface area (Å²) in [5.41, 5.74) is 15.2. The van der Waals surface area contributed by atoms with E-state index in [1.54, 1.807) is 11.3 Å². The van der Waals surface area contributed by atoms with Crippen molar-refractivity contribution >= 4 is 33.3 Å². The van der Waals surface area contributed by atoms with Crippen molar-refractivity contribution < 1.29 is 0 Å². The molecule has 0 fully saturated rings. The number of fused-ring (bicyclic) bond motifs is 1. The van der Waals surface area contributed by atoms with E-state index in [-0.39, 0.29) is 5.95 Å². The van der Waals surface area contributed by atoms with Crippen LogP contribution in [0, 0.1) is 0 Å². The summed E-state index contributed by atoms with van der Waals surface area (Å²) in [4.78, 5) is 10.5. The van der Waals surface area contributed by atoms with Crippen molar-refractivity contribution in [3.8, 4) is 21.6 Å². The van der Waals surface area contributed by atoms with Crippen molar-refractivity contribution in [1.29, 1.82) is 0 Å². The quantitative estimate of drug-likeness (QED) is 0.581. The van der Waals surface area contributed by atoms with E-state index < -0.39 is 0 Å². The third-order valence-corrected chi connectivity index (χ3v) is 4.83. The highest BCUT2D eigenvalue weighted by Crippen LogP contribution is 2.45. The molecule has 2 heterocycles. The molecule has 5 heteroatoms. The molecule has 0 aliphatic heterocycles. The number of hydrogen-bond donors (Lipinski definition) is 2. The van der Waals surface area contributed by atoms with Gasteiger partial charge in [-0.05, 0) is 11.1 Å². The predicted molar refractivity (Wildman–Crippen MR) is 97.1 cm³/mol. The number of nitrogens with zero attached hydrogens (tertiary/aromatic N) is 2. The highest BCUT2D eigenvalue weighted by atomic mass is 32.1. The van der Waals surface area contributed by atoms with Crippen LogP contribution in [-0.4, -0.2) is 9.97 Å². The van der Waals surface area contributed by atoms with Gasteiger partial charge in [-0.15, -0.1) is 11.3 Å². The first-order valence-electron chi connectivity index (χ1n) is 7.20. The van der Waals surface area contributed by atoms with Crippen molar-refractivity contribution in [3.05, 3.63) is 60.7 Å².